The van der Waals surface area contributed by atoms with Crippen LogP contribution in [0, 0.1) is 13.8 Å². The fourth-order valence-corrected chi connectivity index (χ4v) is 3.61. The normalized spacial score (nSPS) is 15.8. The lowest BCUT2D eigenvalue weighted by Crippen LogP contribution is -2.31. The quantitative estimate of drug-likeness (QED) is 0.688. The molecule has 0 saturated carbocycles. The maximum Gasteiger partial charge on any atom is 0.255 e. The lowest BCUT2D eigenvalue weighted by molar-refractivity contribution is -0.113. The molecule has 142 valence electrons. The van der Waals surface area contributed by atoms with Crippen LogP contribution >= 0.6 is 11.6 Å². The van der Waals surface area contributed by atoms with Gasteiger partial charge in [-0.1, -0.05) is 41.4 Å². The second-order valence-corrected chi connectivity index (χ2v) is 7.35. The van der Waals surface area contributed by atoms with Gasteiger partial charge in [-0.25, -0.2) is 4.68 Å². The van der Waals surface area contributed by atoms with Gasteiger partial charge in [0.1, 0.15) is 12.4 Å². The van der Waals surface area contributed by atoms with E-state index in [1.807, 2.05) is 63.2 Å². The molecule has 1 atom stereocenters. The lowest BCUT2D eigenvalue weighted by Gasteiger charge is -2.29. The van der Waals surface area contributed by atoms with Crippen molar-refractivity contribution in [2.45, 2.75) is 26.8 Å². The third-order valence-electron chi connectivity index (χ3n) is 4.85. The van der Waals surface area contributed by atoms with Gasteiger partial charge >= 0.3 is 0 Å². The molecule has 0 unspecified atom stereocenters. The zero-order valence-electron chi connectivity index (χ0n) is 15.8. The number of benzene rings is 2. The van der Waals surface area contributed by atoms with Gasteiger partial charge in [0.2, 0.25) is 5.95 Å². The molecule has 2 aromatic carbocycles. The summed E-state index contributed by atoms with van der Waals surface area (Å²) in [6, 6.07) is 13.0. The van der Waals surface area contributed by atoms with Crippen LogP contribution in [0.5, 0.6) is 0 Å². The summed E-state index contributed by atoms with van der Waals surface area (Å²) in [7, 11) is 0. The van der Waals surface area contributed by atoms with E-state index in [1.165, 1.54) is 6.33 Å². The average Bonchev–Trinajstić information content (AvgIpc) is 3.11. The SMILES string of the molecule is CC1=C(C(=O)Nc2ccc(C)cc2C)[C@@H](c2ccc(Cl)cc2)n2ncnc2N1. The molecule has 1 aliphatic rings. The van der Waals surface area contributed by atoms with Gasteiger partial charge in [0, 0.05) is 16.4 Å². The minimum Gasteiger partial charge on any atom is -0.328 e. The van der Waals surface area contributed by atoms with E-state index in [9.17, 15) is 4.79 Å². The molecule has 1 aliphatic heterocycles. The van der Waals surface area contributed by atoms with E-state index in [2.05, 4.69) is 20.7 Å². The predicted octanol–water partition coefficient (Wildman–Crippen LogP) is 4.48. The number of carbonyl (C=O) groups is 1. The topological polar surface area (TPSA) is 71.8 Å². The Morgan fingerprint density at radius 1 is 1.14 bits per heavy atom. The standard InChI is InChI=1S/C21H20ClN5O/c1-12-4-9-17(13(2)10-12)26-20(28)18-14(3)25-21-23-11-24-27(21)19(18)15-5-7-16(22)8-6-15/h4-11,19H,1-3H3,(H,26,28)(H,23,24,25)/t19-/m1/s1. The second-order valence-electron chi connectivity index (χ2n) is 6.92. The molecule has 0 aliphatic carbocycles. The molecule has 2 N–H and O–H groups in total. The van der Waals surface area contributed by atoms with Crippen LogP contribution in [0.25, 0.3) is 0 Å². The fourth-order valence-electron chi connectivity index (χ4n) is 3.48. The molecular weight excluding hydrogens is 374 g/mol. The Morgan fingerprint density at radius 2 is 1.89 bits per heavy atom. The summed E-state index contributed by atoms with van der Waals surface area (Å²) in [6.07, 6.45) is 1.48. The summed E-state index contributed by atoms with van der Waals surface area (Å²) in [5, 5.41) is 11.2. The maximum absolute atomic E-state index is 13.3. The van der Waals surface area contributed by atoms with Gasteiger partial charge in [-0.3, -0.25) is 4.79 Å². The number of rotatable bonds is 3. The number of hydrogen-bond donors (Lipinski definition) is 2. The maximum atomic E-state index is 13.3. The van der Waals surface area contributed by atoms with Crippen LogP contribution in [0.1, 0.15) is 29.7 Å². The van der Waals surface area contributed by atoms with Crippen LogP contribution in [-0.4, -0.2) is 20.7 Å². The Bertz CT molecular complexity index is 1080. The third kappa shape index (κ3) is 3.27. The molecule has 2 heterocycles. The average molecular weight is 394 g/mol. The van der Waals surface area contributed by atoms with E-state index in [-0.39, 0.29) is 5.91 Å². The van der Waals surface area contributed by atoms with Crippen LogP contribution < -0.4 is 10.6 Å². The highest BCUT2D eigenvalue weighted by molar-refractivity contribution is 6.30. The number of amides is 1. The number of nitrogens with zero attached hydrogens (tertiary/aromatic N) is 3. The zero-order chi connectivity index (χ0) is 19.8. The second kappa shape index (κ2) is 7.13. The van der Waals surface area contributed by atoms with Crippen LogP contribution in [0.2, 0.25) is 5.02 Å². The molecule has 0 fully saturated rings. The molecule has 0 saturated heterocycles. The van der Waals surface area contributed by atoms with Crippen molar-refractivity contribution in [3.05, 3.63) is 81.8 Å². The molecule has 28 heavy (non-hydrogen) atoms. The summed E-state index contributed by atoms with van der Waals surface area (Å²) in [4.78, 5) is 17.6. The van der Waals surface area contributed by atoms with E-state index in [1.54, 1.807) is 4.68 Å². The molecular formula is C21H20ClN5O. The van der Waals surface area contributed by atoms with E-state index in [0.29, 0.717) is 16.5 Å². The predicted molar refractivity (Wildman–Crippen MR) is 110 cm³/mol. The Kier molecular flexibility index (Phi) is 4.65. The lowest BCUT2D eigenvalue weighted by atomic mass is 9.95. The number of hydrogen-bond acceptors (Lipinski definition) is 4. The monoisotopic (exact) mass is 393 g/mol. The minimum atomic E-state index is -0.401. The Hall–Kier alpha value is -3.12. The number of aromatic nitrogens is 3. The molecule has 3 aromatic rings. The van der Waals surface area contributed by atoms with E-state index >= 15 is 0 Å². The third-order valence-corrected chi connectivity index (χ3v) is 5.11. The first-order chi connectivity index (χ1) is 13.4. The number of fused-ring (bicyclic) bond motifs is 1. The number of anilines is 2. The van der Waals surface area contributed by atoms with Crippen molar-refractivity contribution in [2.24, 2.45) is 0 Å². The first-order valence-electron chi connectivity index (χ1n) is 8.95. The minimum absolute atomic E-state index is 0.182. The molecule has 6 nitrogen and oxygen atoms in total. The highest BCUT2D eigenvalue weighted by Gasteiger charge is 2.33. The molecule has 1 amide bonds. The summed E-state index contributed by atoms with van der Waals surface area (Å²) < 4.78 is 1.72. The van der Waals surface area contributed by atoms with Crippen molar-refractivity contribution < 1.29 is 4.79 Å². The smallest absolute Gasteiger partial charge is 0.255 e. The summed E-state index contributed by atoms with van der Waals surface area (Å²) in [6.45, 7) is 5.88. The molecule has 0 radical (unpaired) electrons. The van der Waals surface area contributed by atoms with Crippen molar-refractivity contribution in [3.8, 4) is 0 Å². The largest absolute Gasteiger partial charge is 0.328 e. The molecule has 0 spiro atoms. The van der Waals surface area contributed by atoms with Gasteiger partial charge in [0.25, 0.3) is 5.91 Å². The van der Waals surface area contributed by atoms with Crippen molar-refractivity contribution in [3.63, 3.8) is 0 Å². The van der Waals surface area contributed by atoms with Gasteiger partial charge in [0.15, 0.2) is 0 Å². The van der Waals surface area contributed by atoms with Crippen molar-refractivity contribution in [2.75, 3.05) is 10.6 Å². The van der Waals surface area contributed by atoms with Crippen molar-refractivity contribution in [1.29, 1.82) is 0 Å². The number of allylic oxidation sites excluding steroid dienone is 1. The van der Waals surface area contributed by atoms with Crippen molar-refractivity contribution in [1.82, 2.24) is 14.8 Å². The first-order valence-corrected chi connectivity index (χ1v) is 9.33. The van der Waals surface area contributed by atoms with Crippen LogP contribution in [-0.2, 0) is 4.79 Å². The van der Waals surface area contributed by atoms with E-state index in [4.69, 9.17) is 11.6 Å². The summed E-state index contributed by atoms with van der Waals surface area (Å²) in [5.74, 6) is 0.415. The van der Waals surface area contributed by atoms with Gasteiger partial charge in [-0.05, 0) is 50.1 Å². The van der Waals surface area contributed by atoms with Crippen LogP contribution in [0.15, 0.2) is 60.1 Å². The number of halogens is 1. The molecule has 7 heteroatoms. The highest BCUT2D eigenvalue weighted by Crippen LogP contribution is 2.35. The van der Waals surface area contributed by atoms with Gasteiger partial charge in [-0.2, -0.15) is 10.1 Å². The Labute approximate surface area is 168 Å². The Morgan fingerprint density at radius 3 is 2.61 bits per heavy atom. The van der Waals surface area contributed by atoms with E-state index in [0.717, 1.165) is 28.1 Å². The van der Waals surface area contributed by atoms with Crippen LogP contribution in [0.4, 0.5) is 11.6 Å². The van der Waals surface area contributed by atoms with Crippen LogP contribution in [0.3, 0.4) is 0 Å². The summed E-state index contributed by atoms with van der Waals surface area (Å²) in [5.41, 5.74) is 5.18. The van der Waals surface area contributed by atoms with Gasteiger partial charge < -0.3 is 10.6 Å². The van der Waals surface area contributed by atoms with Crippen molar-refractivity contribution >= 4 is 29.1 Å². The Balaban J connectivity index is 1.76. The van der Waals surface area contributed by atoms with E-state index < -0.39 is 6.04 Å². The summed E-state index contributed by atoms with van der Waals surface area (Å²) >= 11 is 6.06. The first kappa shape index (κ1) is 18.3. The molecule has 0 bridgehead atoms. The highest BCUT2D eigenvalue weighted by atomic mass is 35.5. The number of nitrogens with one attached hydrogen (secondary N) is 2. The van der Waals surface area contributed by atoms with Gasteiger partial charge in [-0.15, -0.1) is 0 Å². The zero-order valence-corrected chi connectivity index (χ0v) is 16.6. The molecule has 1 aromatic heterocycles. The molecule has 4 rings (SSSR count). The fraction of sp³-hybridized carbons (Fsp3) is 0.190. The van der Waals surface area contributed by atoms with Gasteiger partial charge in [0.05, 0.1) is 5.57 Å². The number of carbonyl (C=O) groups excluding carboxylic acids is 1. The number of aryl methyl sites for hydroxylation is 2.